The second-order valence-electron chi connectivity index (χ2n) is 8.91. The molecule has 1 N–H and O–H groups in total. The summed E-state index contributed by atoms with van der Waals surface area (Å²) >= 11 is 0. The minimum absolute atomic E-state index is 0.605. The zero-order valence-corrected chi connectivity index (χ0v) is 19.2. The van der Waals surface area contributed by atoms with E-state index >= 15 is 0 Å². The molecule has 0 unspecified atom stereocenters. The number of hydrogen-bond acceptors (Lipinski definition) is 7. The van der Waals surface area contributed by atoms with Crippen molar-refractivity contribution in [3.05, 3.63) is 77.0 Å². The van der Waals surface area contributed by atoms with Gasteiger partial charge in [-0.1, -0.05) is 0 Å². The maximum atomic E-state index is 9.48. The largest absolute Gasteiger partial charge is 0.368 e. The molecule has 2 aliphatic heterocycles. The van der Waals surface area contributed by atoms with E-state index in [4.69, 9.17) is 10.1 Å². The second-order valence-corrected chi connectivity index (χ2v) is 8.91. The Hall–Kier alpha value is -3.96. The fourth-order valence-electron chi connectivity index (χ4n) is 5.08. The molecule has 0 spiro atoms. The highest BCUT2D eigenvalue weighted by atomic mass is 15.3. The number of hydrogen-bond donors (Lipinski definition) is 1. The van der Waals surface area contributed by atoms with Crippen LogP contribution in [0.5, 0.6) is 0 Å². The molecule has 1 saturated heterocycles. The summed E-state index contributed by atoms with van der Waals surface area (Å²) in [4.78, 5) is 13.9. The summed E-state index contributed by atoms with van der Waals surface area (Å²) in [5.74, 6) is 0. The average molecular weight is 451 g/mol. The third kappa shape index (κ3) is 3.55. The van der Waals surface area contributed by atoms with Gasteiger partial charge in [0.2, 0.25) is 0 Å². The minimum Gasteiger partial charge on any atom is -0.368 e. The van der Waals surface area contributed by atoms with E-state index in [9.17, 15) is 5.26 Å². The van der Waals surface area contributed by atoms with E-state index < -0.39 is 0 Å². The summed E-state index contributed by atoms with van der Waals surface area (Å²) in [6.07, 6.45) is 3.73. The van der Waals surface area contributed by atoms with Gasteiger partial charge in [0.05, 0.1) is 53.1 Å². The summed E-state index contributed by atoms with van der Waals surface area (Å²) in [5, 5.41) is 18.7. The third-order valence-corrected chi connectivity index (χ3v) is 6.87. The number of nitrogens with one attached hydrogen (secondary N) is 1. The number of aromatic nitrogens is 4. The van der Waals surface area contributed by atoms with Gasteiger partial charge in [-0.3, -0.25) is 14.6 Å². The lowest BCUT2D eigenvalue weighted by molar-refractivity contribution is 0.588. The first-order valence-corrected chi connectivity index (χ1v) is 11.7. The van der Waals surface area contributed by atoms with Gasteiger partial charge < -0.3 is 15.1 Å². The molecule has 0 saturated carbocycles. The lowest BCUT2D eigenvalue weighted by atomic mass is 10.1. The summed E-state index contributed by atoms with van der Waals surface area (Å²) < 4.78 is 2.10. The van der Waals surface area contributed by atoms with Gasteiger partial charge in [-0.15, -0.1) is 0 Å². The summed E-state index contributed by atoms with van der Waals surface area (Å²) in [6, 6.07) is 14.4. The van der Waals surface area contributed by atoms with Crippen LogP contribution in [-0.4, -0.2) is 45.9 Å². The Balaban J connectivity index is 1.25. The first-order chi connectivity index (χ1) is 16.7. The maximum absolute atomic E-state index is 9.48. The summed E-state index contributed by atoms with van der Waals surface area (Å²) in [6.45, 7) is 8.37. The fourth-order valence-corrected chi connectivity index (χ4v) is 5.08. The minimum atomic E-state index is 0.605. The van der Waals surface area contributed by atoms with Crippen molar-refractivity contribution in [1.82, 2.24) is 25.1 Å². The van der Waals surface area contributed by atoms with Gasteiger partial charge in [-0.25, -0.2) is 0 Å². The fraction of sp³-hybridized carbons (Fsp3) is 0.308. The van der Waals surface area contributed by atoms with Crippen LogP contribution >= 0.6 is 0 Å². The van der Waals surface area contributed by atoms with Gasteiger partial charge in [0, 0.05) is 55.6 Å². The van der Waals surface area contributed by atoms with Crippen LogP contribution in [0.3, 0.4) is 0 Å². The van der Waals surface area contributed by atoms with E-state index in [1.54, 1.807) is 6.20 Å². The van der Waals surface area contributed by atoms with Crippen molar-refractivity contribution in [2.45, 2.75) is 26.6 Å². The van der Waals surface area contributed by atoms with Crippen LogP contribution in [0.2, 0.25) is 0 Å². The molecule has 8 heteroatoms. The Labute approximate surface area is 198 Å². The number of anilines is 2. The van der Waals surface area contributed by atoms with Gasteiger partial charge >= 0.3 is 0 Å². The predicted octanol–water partition coefficient (Wildman–Crippen LogP) is 2.98. The standard InChI is InChI=1S/C26H26N8/c1-18-23-16-33(24-7-4-19(13-27)26-22(24)3-2-8-29-26)17-25(23)34(31-18)15-20-5-6-21(14-30-20)32-11-9-28-10-12-32/h2-8,14,28H,9-12,15-17H2,1H3. The SMILES string of the molecule is Cc1nn(Cc2ccc(N3CCNCC3)cn2)c2c1CN(c1ccc(C#N)c3ncccc13)C2. The van der Waals surface area contributed by atoms with Crippen LogP contribution in [0.1, 0.15) is 28.2 Å². The molecule has 3 aromatic heterocycles. The van der Waals surface area contributed by atoms with Crippen molar-refractivity contribution in [2.24, 2.45) is 0 Å². The molecule has 0 atom stereocenters. The average Bonchev–Trinajstić information content (AvgIpc) is 3.45. The van der Waals surface area contributed by atoms with Crippen LogP contribution in [0.25, 0.3) is 10.9 Å². The predicted molar refractivity (Wildman–Crippen MR) is 132 cm³/mol. The van der Waals surface area contributed by atoms with Gasteiger partial charge in [-0.05, 0) is 43.3 Å². The lowest BCUT2D eigenvalue weighted by Gasteiger charge is -2.29. The maximum Gasteiger partial charge on any atom is 0.101 e. The van der Waals surface area contributed by atoms with Gasteiger partial charge in [0.1, 0.15) is 6.07 Å². The molecule has 0 amide bonds. The Morgan fingerprint density at radius 2 is 1.91 bits per heavy atom. The van der Waals surface area contributed by atoms with E-state index in [0.717, 1.165) is 67.2 Å². The number of rotatable bonds is 4. The monoisotopic (exact) mass is 450 g/mol. The molecule has 1 fully saturated rings. The number of benzene rings is 1. The van der Waals surface area contributed by atoms with E-state index in [1.165, 1.54) is 16.9 Å². The Bertz CT molecular complexity index is 1390. The highest BCUT2D eigenvalue weighted by molar-refractivity contribution is 5.95. The van der Waals surface area contributed by atoms with Crippen LogP contribution in [0, 0.1) is 18.3 Å². The molecule has 2 aliphatic rings. The number of pyridine rings is 2. The van der Waals surface area contributed by atoms with Crippen molar-refractivity contribution in [2.75, 3.05) is 36.0 Å². The third-order valence-electron chi connectivity index (χ3n) is 6.87. The van der Waals surface area contributed by atoms with Crippen molar-refractivity contribution < 1.29 is 0 Å². The van der Waals surface area contributed by atoms with Crippen molar-refractivity contribution in [3.8, 4) is 6.07 Å². The molecule has 1 aromatic carbocycles. The topological polar surface area (TPSA) is 85.9 Å². The number of nitriles is 1. The Morgan fingerprint density at radius 1 is 1.03 bits per heavy atom. The molecular formula is C26H26N8. The Kier molecular flexibility index (Phi) is 5.12. The second kappa shape index (κ2) is 8.43. The molecule has 0 aliphatic carbocycles. The van der Waals surface area contributed by atoms with E-state index in [1.807, 2.05) is 30.5 Å². The van der Waals surface area contributed by atoms with E-state index in [-0.39, 0.29) is 0 Å². The highest BCUT2D eigenvalue weighted by Gasteiger charge is 2.28. The molecule has 5 heterocycles. The van der Waals surface area contributed by atoms with Crippen LogP contribution in [-0.2, 0) is 19.6 Å². The van der Waals surface area contributed by atoms with E-state index in [2.05, 4.69) is 49.9 Å². The molecule has 0 bridgehead atoms. The first-order valence-electron chi connectivity index (χ1n) is 11.7. The van der Waals surface area contributed by atoms with Gasteiger partial charge in [0.15, 0.2) is 0 Å². The van der Waals surface area contributed by atoms with Crippen LogP contribution in [0.4, 0.5) is 11.4 Å². The molecule has 4 aromatic rings. The quantitative estimate of drug-likeness (QED) is 0.512. The highest BCUT2D eigenvalue weighted by Crippen LogP contribution is 2.35. The van der Waals surface area contributed by atoms with Crippen molar-refractivity contribution >= 4 is 22.3 Å². The van der Waals surface area contributed by atoms with E-state index in [0.29, 0.717) is 12.1 Å². The zero-order valence-electron chi connectivity index (χ0n) is 19.2. The number of aryl methyl sites for hydroxylation is 1. The first kappa shape index (κ1) is 20.6. The lowest BCUT2D eigenvalue weighted by Crippen LogP contribution is -2.43. The summed E-state index contributed by atoms with van der Waals surface area (Å²) in [5.41, 5.74) is 8.22. The number of nitrogens with zero attached hydrogens (tertiary/aromatic N) is 7. The molecule has 8 nitrogen and oxygen atoms in total. The molecule has 34 heavy (non-hydrogen) atoms. The number of piperazine rings is 1. The molecular weight excluding hydrogens is 424 g/mol. The van der Waals surface area contributed by atoms with Crippen LogP contribution < -0.4 is 15.1 Å². The molecule has 0 radical (unpaired) electrons. The summed E-state index contributed by atoms with van der Waals surface area (Å²) in [7, 11) is 0. The van der Waals surface area contributed by atoms with Crippen molar-refractivity contribution in [1.29, 1.82) is 5.26 Å². The number of fused-ring (bicyclic) bond motifs is 2. The smallest absolute Gasteiger partial charge is 0.101 e. The van der Waals surface area contributed by atoms with Gasteiger partial charge in [0.25, 0.3) is 0 Å². The van der Waals surface area contributed by atoms with Crippen LogP contribution in [0.15, 0.2) is 48.8 Å². The van der Waals surface area contributed by atoms with Gasteiger partial charge in [-0.2, -0.15) is 10.4 Å². The molecule has 170 valence electrons. The zero-order chi connectivity index (χ0) is 23.1. The van der Waals surface area contributed by atoms with Crippen molar-refractivity contribution in [3.63, 3.8) is 0 Å². The molecule has 6 rings (SSSR count). The normalized spacial score (nSPS) is 15.5. The Morgan fingerprint density at radius 3 is 2.71 bits per heavy atom.